The summed E-state index contributed by atoms with van der Waals surface area (Å²) in [7, 11) is 0. The predicted molar refractivity (Wildman–Crippen MR) is 94.0 cm³/mol. The normalized spacial score (nSPS) is 17.9. The van der Waals surface area contributed by atoms with E-state index in [-0.39, 0.29) is 11.8 Å². The standard InChI is InChI=1S/C19H21N3O3/c23-18(21-9-11-25-12-10-21)5-6-19(24)22-8-7-17-15(13-22)14-3-1-2-4-16(14)20-17/h1-6,20H,7-13H2/b6-5+. The van der Waals surface area contributed by atoms with Crippen molar-refractivity contribution < 1.29 is 14.3 Å². The van der Waals surface area contributed by atoms with Gasteiger partial charge in [0.2, 0.25) is 11.8 Å². The summed E-state index contributed by atoms with van der Waals surface area (Å²) in [6.07, 6.45) is 3.59. The third kappa shape index (κ3) is 3.17. The van der Waals surface area contributed by atoms with Crippen LogP contribution in [0.2, 0.25) is 0 Å². The quantitative estimate of drug-likeness (QED) is 0.843. The van der Waals surface area contributed by atoms with Crippen LogP contribution < -0.4 is 0 Å². The van der Waals surface area contributed by atoms with E-state index in [9.17, 15) is 9.59 Å². The van der Waals surface area contributed by atoms with Crippen LogP contribution in [0, 0.1) is 0 Å². The molecule has 3 heterocycles. The molecule has 6 heteroatoms. The van der Waals surface area contributed by atoms with Crippen molar-refractivity contribution >= 4 is 22.7 Å². The minimum Gasteiger partial charge on any atom is -0.378 e. The molecule has 0 unspecified atom stereocenters. The van der Waals surface area contributed by atoms with Crippen LogP contribution in [0.25, 0.3) is 10.9 Å². The second-order valence-corrected chi connectivity index (χ2v) is 6.41. The van der Waals surface area contributed by atoms with Gasteiger partial charge in [0.25, 0.3) is 0 Å². The fraction of sp³-hybridized carbons (Fsp3) is 0.368. The molecule has 0 atom stereocenters. The molecule has 4 rings (SSSR count). The number of hydrogen-bond acceptors (Lipinski definition) is 3. The average molecular weight is 339 g/mol. The van der Waals surface area contributed by atoms with Gasteiger partial charge >= 0.3 is 0 Å². The lowest BCUT2D eigenvalue weighted by molar-refractivity contribution is -0.131. The van der Waals surface area contributed by atoms with Crippen molar-refractivity contribution in [1.29, 1.82) is 0 Å². The van der Waals surface area contributed by atoms with Gasteiger partial charge in [0.15, 0.2) is 0 Å². The van der Waals surface area contributed by atoms with E-state index in [1.165, 1.54) is 28.8 Å². The number of aromatic nitrogens is 1. The maximum absolute atomic E-state index is 12.5. The fourth-order valence-corrected chi connectivity index (χ4v) is 3.49. The highest BCUT2D eigenvalue weighted by Crippen LogP contribution is 2.27. The van der Waals surface area contributed by atoms with E-state index in [0.717, 1.165) is 11.9 Å². The van der Waals surface area contributed by atoms with Crippen molar-refractivity contribution in [2.45, 2.75) is 13.0 Å². The van der Waals surface area contributed by atoms with Gasteiger partial charge < -0.3 is 19.5 Å². The first-order chi connectivity index (χ1) is 12.2. The minimum atomic E-state index is -0.124. The number of carbonyl (C=O) groups is 2. The number of benzene rings is 1. The third-order valence-electron chi connectivity index (χ3n) is 4.89. The second-order valence-electron chi connectivity index (χ2n) is 6.41. The van der Waals surface area contributed by atoms with Crippen molar-refractivity contribution in [2.75, 3.05) is 32.8 Å². The van der Waals surface area contributed by atoms with Crippen LogP contribution in [0.5, 0.6) is 0 Å². The first-order valence-electron chi connectivity index (χ1n) is 8.64. The van der Waals surface area contributed by atoms with Crippen molar-refractivity contribution in [3.8, 4) is 0 Å². The number of nitrogens with one attached hydrogen (secondary N) is 1. The van der Waals surface area contributed by atoms with E-state index in [1.807, 2.05) is 12.1 Å². The summed E-state index contributed by atoms with van der Waals surface area (Å²) < 4.78 is 5.24. The van der Waals surface area contributed by atoms with Gasteiger partial charge in [-0.15, -0.1) is 0 Å². The van der Waals surface area contributed by atoms with Crippen molar-refractivity contribution in [3.63, 3.8) is 0 Å². The highest BCUT2D eigenvalue weighted by molar-refractivity contribution is 5.97. The highest BCUT2D eigenvalue weighted by Gasteiger charge is 2.23. The molecule has 2 aliphatic rings. The van der Waals surface area contributed by atoms with E-state index >= 15 is 0 Å². The largest absolute Gasteiger partial charge is 0.378 e. The molecule has 2 aliphatic heterocycles. The molecule has 0 radical (unpaired) electrons. The summed E-state index contributed by atoms with van der Waals surface area (Å²) in [5, 5.41) is 1.17. The zero-order valence-electron chi connectivity index (χ0n) is 14.0. The Morgan fingerprint density at radius 3 is 2.52 bits per heavy atom. The molecule has 2 amide bonds. The highest BCUT2D eigenvalue weighted by atomic mass is 16.5. The lowest BCUT2D eigenvalue weighted by atomic mass is 10.0. The van der Waals surface area contributed by atoms with Gasteiger partial charge in [-0.3, -0.25) is 9.59 Å². The lowest BCUT2D eigenvalue weighted by Gasteiger charge is -2.27. The maximum atomic E-state index is 12.5. The van der Waals surface area contributed by atoms with Gasteiger partial charge in [-0.1, -0.05) is 18.2 Å². The van der Waals surface area contributed by atoms with Gasteiger partial charge in [-0.2, -0.15) is 0 Å². The molecule has 1 aromatic carbocycles. The summed E-state index contributed by atoms with van der Waals surface area (Å²) in [6.45, 7) is 3.52. The summed E-state index contributed by atoms with van der Waals surface area (Å²) in [6, 6.07) is 8.16. The van der Waals surface area contributed by atoms with Crippen LogP contribution in [0.15, 0.2) is 36.4 Å². The van der Waals surface area contributed by atoms with E-state index in [4.69, 9.17) is 4.74 Å². The molecule has 130 valence electrons. The van der Waals surface area contributed by atoms with Gasteiger partial charge in [0, 0.05) is 66.9 Å². The van der Waals surface area contributed by atoms with Gasteiger partial charge in [-0.25, -0.2) is 0 Å². The van der Waals surface area contributed by atoms with E-state index in [1.54, 1.807) is 9.80 Å². The molecule has 1 aromatic heterocycles. The Balaban J connectivity index is 1.45. The SMILES string of the molecule is O=C(/C=C/C(=O)N1CCc2[nH]c3ccccc3c2C1)N1CCOCC1. The fourth-order valence-electron chi connectivity index (χ4n) is 3.49. The Labute approximate surface area is 146 Å². The molecule has 2 aromatic rings. The topological polar surface area (TPSA) is 65.6 Å². The lowest BCUT2D eigenvalue weighted by Crippen LogP contribution is -2.40. The van der Waals surface area contributed by atoms with Gasteiger partial charge in [-0.05, 0) is 6.07 Å². The number of H-pyrrole nitrogens is 1. The Bertz CT molecular complexity index is 834. The zero-order chi connectivity index (χ0) is 17.2. The first-order valence-corrected chi connectivity index (χ1v) is 8.64. The van der Waals surface area contributed by atoms with E-state index < -0.39 is 0 Å². The summed E-state index contributed by atoms with van der Waals surface area (Å²) in [5.74, 6) is -0.237. The number of morpholine rings is 1. The van der Waals surface area contributed by atoms with Crippen molar-refractivity contribution in [1.82, 2.24) is 14.8 Å². The van der Waals surface area contributed by atoms with E-state index in [0.29, 0.717) is 39.4 Å². The molecule has 1 fully saturated rings. The number of rotatable bonds is 2. The smallest absolute Gasteiger partial charge is 0.247 e. The Kier molecular flexibility index (Phi) is 4.28. The molecule has 0 aliphatic carbocycles. The number of hydrogen-bond donors (Lipinski definition) is 1. The van der Waals surface area contributed by atoms with Crippen molar-refractivity contribution in [3.05, 3.63) is 47.7 Å². The second kappa shape index (κ2) is 6.72. The number of amides is 2. The van der Waals surface area contributed by atoms with Crippen LogP contribution in [0.1, 0.15) is 11.3 Å². The molecule has 25 heavy (non-hydrogen) atoms. The average Bonchev–Trinajstić information content (AvgIpc) is 3.04. The number of nitrogens with zero attached hydrogens (tertiary/aromatic N) is 2. The molecule has 0 spiro atoms. The third-order valence-corrected chi connectivity index (χ3v) is 4.89. The molecular weight excluding hydrogens is 318 g/mol. The number of para-hydroxylation sites is 1. The Morgan fingerprint density at radius 2 is 1.72 bits per heavy atom. The monoisotopic (exact) mass is 339 g/mol. The summed E-state index contributed by atoms with van der Waals surface area (Å²) in [5.41, 5.74) is 3.50. The van der Waals surface area contributed by atoms with Crippen molar-refractivity contribution in [2.24, 2.45) is 0 Å². The number of aromatic amines is 1. The van der Waals surface area contributed by atoms with Crippen LogP contribution >= 0.6 is 0 Å². The van der Waals surface area contributed by atoms with Crippen LogP contribution in [-0.2, 0) is 27.3 Å². The first kappa shape index (κ1) is 15.9. The predicted octanol–water partition coefficient (Wildman–Crippen LogP) is 1.47. The zero-order valence-corrected chi connectivity index (χ0v) is 14.0. The van der Waals surface area contributed by atoms with Crippen LogP contribution in [0.4, 0.5) is 0 Å². The molecule has 1 saturated heterocycles. The summed E-state index contributed by atoms with van der Waals surface area (Å²) >= 11 is 0. The van der Waals surface area contributed by atoms with Gasteiger partial charge in [0.05, 0.1) is 13.2 Å². The Morgan fingerprint density at radius 1 is 1.00 bits per heavy atom. The molecular formula is C19H21N3O3. The van der Waals surface area contributed by atoms with Crippen LogP contribution in [0.3, 0.4) is 0 Å². The summed E-state index contributed by atoms with van der Waals surface area (Å²) in [4.78, 5) is 31.6. The number of carbonyl (C=O) groups excluding carboxylic acids is 2. The molecule has 0 saturated carbocycles. The van der Waals surface area contributed by atoms with Crippen LogP contribution in [-0.4, -0.2) is 59.4 Å². The molecule has 1 N–H and O–H groups in total. The maximum Gasteiger partial charge on any atom is 0.247 e. The Hall–Kier alpha value is -2.60. The molecule has 0 bridgehead atoms. The minimum absolute atomic E-state index is 0.113. The number of fused-ring (bicyclic) bond motifs is 3. The number of ether oxygens (including phenoxy) is 1. The van der Waals surface area contributed by atoms with Gasteiger partial charge in [0.1, 0.15) is 0 Å². The van der Waals surface area contributed by atoms with E-state index in [2.05, 4.69) is 17.1 Å². The molecule has 6 nitrogen and oxygen atoms in total.